The van der Waals surface area contributed by atoms with Crippen molar-refractivity contribution in [2.24, 2.45) is 5.92 Å². The van der Waals surface area contributed by atoms with Crippen LogP contribution in [0.4, 0.5) is 4.79 Å². The molecular weight excluding hydrogens is 226 g/mol. The maximum absolute atomic E-state index is 11.5. The molecule has 0 saturated heterocycles. The summed E-state index contributed by atoms with van der Waals surface area (Å²) < 4.78 is 0. The highest BCUT2D eigenvalue weighted by Crippen LogP contribution is 2.05. The van der Waals surface area contributed by atoms with Crippen LogP contribution in [-0.2, 0) is 0 Å². The number of urea groups is 1. The second-order valence-corrected chi connectivity index (χ2v) is 4.82. The molecule has 2 N–H and O–H groups in total. The number of carbonyl (C=O) groups excluding carboxylic acids is 1. The Morgan fingerprint density at radius 3 is 2.39 bits per heavy atom. The molecule has 18 heavy (non-hydrogen) atoms. The maximum atomic E-state index is 11.5. The topological polar surface area (TPSA) is 44.4 Å². The number of allylic oxidation sites excluding steroid dienone is 1. The molecule has 0 aliphatic carbocycles. The Labute approximate surface area is 112 Å². The van der Waals surface area contributed by atoms with Gasteiger partial charge in [-0.25, -0.2) is 4.79 Å². The Hall–Kier alpha value is -1.03. The van der Waals surface area contributed by atoms with Gasteiger partial charge in [0.05, 0.1) is 0 Å². The van der Waals surface area contributed by atoms with E-state index in [-0.39, 0.29) is 6.03 Å². The first kappa shape index (κ1) is 17.0. The van der Waals surface area contributed by atoms with Gasteiger partial charge in [0, 0.05) is 12.7 Å². The van der Waals surface area contributed by atoms with Crippen LogP contribution in [0.5, 0.6) is 0 Å². The molecule has 0 unspecified atom stereocenters. The smallest absolute Gasteiger partial charge is 0.318 e. The van der Waals surface area contributed by atoms with Gasteiger partial charge in [-0.2, -0.15) is 0 Å². The van der Waals surface area contributed by atoms with Crippen molar-refractivity contribution >= 4 is 6.03 Å². The quantitative estimate of drug-likeness (QED) is 0.655. The van der Waals surface area contributed by atoms with Crippen molar-refractivity contribution in [3.63, 3.8) is 0 Å². The molecule has 0 bridgehead atoms. The van der Waals surface area contributed by atoms with Gasteiger partial charge in [-0.3, -0.25) is 0 Å². The summed E-state index contributed by atoms with van der Waals surface area (Å²) in [4.78, 5) is 13.8. The molecule has 0 spiro atoms. The highest BCUT2D eigenvalue weighted by molar-refractivity contribution is 5.74. The highest BCUT2D eigenvalue weighted by atomic mass is 16.2. The van der Waals surface area contributed by atoms with Gasteiger partial charge in [-0.15, -0.1) is 0 Å². The van der Waals surface area contributed by atoms with Crippen LogP contribution in [-0.4, -0.2) is 37.1 Å². The predicted molar refractivity (Wildman–Crippen MR) is 77.5 cm³/mol. The molecule has 4 heteroatoms. The monoisotopic (exact) mass is 255 g/mol. The van der Waals surface area contributed by atoms with Crippen LogP contribution >= 0.6 is 0 Å². The van der Waals surface area contributed by atoms with Crippen molar-refractivity contribution in [3.8, 4) is 0 Å². The number of amides is 2. The first-order chi connectivity index (χ1) is 8.51. The van der Waals surface area contributed by atoms with E-state index in [1.807, 2.05) is 6.92 Å². The van der Waals surface area contributed by atoms with Crippen molar-refractivity contribution in [2.45, 2.75) is 41.0 Å². The molecule has 0 aromatic heterocycles. The van der Waals surface area contributed by atoms with Crippen molar-refractivity contribution in [1.82, 2.24) is 15.5 Å². The zero-order valence-electron chi connectivity index (χ0n) is 12.5. The summed E-state index contributed by atoms with van der Waals surface area (Å²) in [5.74, 6) is 0.466. The molecule has 4 nitrogen and oxygen atoms in total. The standard InChI is InChI=1S/C14H29N3O/c1-6-17(7-2)10-8-9-15-14(18)16-11-13(5)12(3)4/h11-12H,6-10H2,1-5H3,(H2,15,16,18)/b13-11+. The van der Waals surface area contributed by atoms with Gasteiger partial charge >= 0.3 is 6.03 Å². The summed E-state index contributed by atoms with van der Waals surface area (Å²) in [6.07, 6.45) is 2.77. The summed E-state index contributed by atoms with van der Waals surface area (Å²) in [6, 6.07) is -0.116. The zero-order valence-corrected chi connectivity index (χ0v) is 12.5. The third-order valence-corrected chi connectivity index (χ3v) is 3.17. The lowest BCUT2D eigenvalue weighted by molar-refractivity contribution is 0.242. The third kappa shape index (κ3) is 8.12. The molecule has 0 aliphatic heterocycles. The Morgan fingerprint density at radius 1 is 1.28 bits per heavy atom. The molecule has 0 rings (SSSR count). The maximum Gasteiger partial charge on any atom is 0.318 e. The molecule has 106 valence electrons. The molecule has 0 saturated carbocycles. The van der Waals surface area contributed by atoms with Crippen molar-refractivity contribution in [1.29, 1.82) is 0 Å². The minimum absolute atomic E-state index is 0.116. The molecule has 0 radical (unpaired) electrons. The lowest BCUT2D eigenvalue weighted by atomic mass is 10.1. The molecule has 0 aromatic carbocycles. The van der Waals surface area contributed by atoms with Crippen LogP contribution < -0.4 is 10.6 Å². The van der Waals surface area contributed by atoms with E-state index in [9.17, 15) is 4.79 Å². The van der Waals surface area contributed by atoms with E-state index < -0.39 is 0 Å². The normalized spacial score (nSPS) is 12.1. The van der Waals surface area contributed by atoms with E-state index in [1.54, 1.807) is 6.20 Å². The first-order valence-electron chi connectivity index (χ1n) is 6.94. The summed E-state index contributed by atoms with van der Waals surface area (Å²) in [5, 5.41) is 5.61. The van der Waals surface area contributed by atoms with Crippen molar-refractivity contribution in [2.75, 3.05) is 26.2 Å². The van der Waals surface area contributed by atoms with Gasteiger partial charge in [-0.05, 0) is 38.9 Å². The number of rotatable bonds is 8. The number of hydrogen-bond donors (Lipinski definition) is 2. The Morgan fingerprint density at radius 2 is 1.89 bits per heavy atom. The van der Waals surface area contributed by atoms with Gasteiger partial charge in [0.1, 0.15) is 0 Å². The lowest BCUT2D eigenvalue weighted by Crippen LogP contribution is -2.35. The Kier molecular flexibility index (Phi) is 9.38. The van der Waals surface area contributed by atoms with Crippen LogP contribution in [0.1, 0.15) is 41.0 Å². The minimum atomic E-state index is -0.116. The van der Waals surface area contributed by atoms with E-state index in [0.717, 1.165) is 32.6 Å². The molecule has 2 amide bonds. The molecule has 0 aliphatic rings. The molecule has 0 heterocycles. The molecule has 0 atom stereocenters. The van der Waals surface area contributed by atoms with E-state index in [1.165, 1.54) is 5.57 Å². The summed E-state index contributed by atoms with van der Waals surface area (Å²) in [6.45, 7) is 14.4. The minimum Gasteiger partial charge on any atom is -0.338 e. The molecule has 0 aromatic rings. The summed E-state index contributed by atoms with van der Waals surface area (Å²) in [5.41, 5.74) is 1.17. The van der Waals surface area contributed by atoms with Crippen LogP contribution in [0, 0.1) is 5.92 Å². The fraction of sp³-hybridized carbons (Fsp3) is 0.786. The van der Waals surface area contributed by atoms with Gasteiger partial charge in [-0.1, -0.05) is 33.3 Å². The number of hydrogen-bond acceptors (Lipinski definition) is 2. The predicted octanol–water partition coefficient (Wildman–Crippen LogP) is 2.58. The van der Waals surface area contributed by atoms with Crippen molar-refractivity contribution in [3.05, 3.63) is 11.8 Å². The lowest BCUT2D eigenvalue weighted by Gasteiger charge is -2.17. The third-order valence-electron chi connectivity index (χ3n) is 3.17. The Balaban J connectivity index is 3.69. The van der Waals surface area contributed by atoms with E-state index >= 15 is 0 Å². The fourth-order valence-corrected chi connectivity index (χ4v) is 1.44. The number of nitrogens with one attached hydrogen (secondary N) is 2. The average molecular weight is 255 g/mol. The van der Waals surface area contributed by atoms with Crippen LogP contribution in [0.15, 0.2) is 11.8 Å². The van der Waals surface area contributed by atoms with Gasteiger partial charge < -0.3 is 15.5 Å². The first-order valence-corrected chi connectivity index (χ1v) is 6.94. The van der Waals surface area contributed by atoms with Gasteiger partial charge in [0.15, 0.2) is 0 Å². The van der Waals surface area contributed by atoms with Crippen LogP contribution in [0.3, 0.4) is 0 Å². The Bertz CT molecular complexity index is 258. The van der Waals surface area contributed by atoms with E-state index in [4.69, 9.17) is 0 Å². The van der Waals surface area contributed by atoms with Crippen LogP contribution in [0.25, 0.3) is 0 Å². The summed E-state index contributed by atoms with van der Waals surface area (Å²) in [7, 11) is 0. The highest BCUT2D eigenvalue weighted by Gasteiger charge is 2.01. The second kappa shape index (κ2) is 9.95. The fourth-order valence-electron chi connectivity index (χ4n) is 1.44. The van der Waals surface area contributed by atoms with Crippen LogP contribution in [0.2, 0.25) is 0 Å². The molecular formula is C14H29N3O. The largest absolute Gasteiger partial charge is 0.338 e. The summed E-state index contributed by atoms with van der Waals surface area (Å²) >= 11 is 0. The number of carbonyl (C=O) groups is 1. The molecule has 0 fully saturated rings. The second-order valence-electron chi connectivity index (χ2n) is 4.82. The van der Waals surface area contributed by atoms with E-state index in [0.29, 0.717) is 5.92 Å². The van der Waals surface area contributed by atoms with Gasteiger partial charge in [0.2, 0.25) is 0 Å². The average Bonchev–Trinajstić information content (AvgIpc) is 2.35. The SMILES string of the molecule is CCN(CC)CCCNC(=O)N/C=C(\C)C(C)C. The van der Waals surface area contributed by atoms with Crippen molar-refractivity contribution < 1.29 is 4.79 Å². The van der Waals surface area contributed by atoms with Gasteiger partial charge in [0.25, 0.3) is 0 Å². The zero-order chi connectivity index (χ0) is 14.0. The van der Waals surface area contributed by atoms with E-state index in [2.05, 4.69) is 43.2 Å². The number of nitrogens with zero attached hydrogens (tertiary/aromatic N) is 1.